The van der Waals surface area contributed by atoms with Gasteiger partial charge in [0, 0.05) is 19.0 Å². The highest BCUT2D eigenvalue weighted by atomic mass is 16.1. The van der Waals surface area contributed by atoms with Crippen molar-refractivity contribution in [2.24, 2.45) is 11.3 Å². The Kier molecular flexibility index (Phi) is 5.08. The van der Waals surface area contributed by atoms with E-state index in [0.717, 1.165) is 24.5 Å². The maximum Gasteiger partial charge on any atom is 0.251 e. The van der Waals surface area contributed by atoms with Gasteiger partial charge in [-0.25, -0.2) is 4.98 Å². The zero-order chi connectivity index (χ0) is 13.8. The summed E-state index contributed by atoms with van der Waals surface area (Å²) in [5.74, 6) is 1.37. The van der Waals surface area contributed by atoms with E-state index in [0.29, 0.717) is 12.5 Å². The Labute approximate surface area is 109 Å². The van der Waals surface area contributed by atoms with Gasteiger partial charge in [0.1, 0.15) is 5.82 Å². The lowest BCUT2D eigenvalue weighted by molar-refractivity contribution is 0.399. The van der Waals surface area contributed by atoms with Crippen LogP contribution in [0.15, 0.2) is 10.9 Å². The van der Waals surface area contributed by atoms with Crippen LogP contribution in [0.2, 0.25) is 0 Å². The Hall–Kier alpha value is -1.16. The zero-order valence-electron chi connectivity index (χ0n) is 12.1. The summed E-state index contributed by atoms with van der Waals surface area (Å²) in [6, 6.07) is 1.57. The Morgan fingerprint density at radius 1 is 1.39 bits per heavy atom. The van der Waals surface area contributed by atoms with Crippen LogP contribution in [0.25, 0.3) is 0 Å². The maximum absolute atomic E-state index is 11.6. The number of nitrogens with one attached hydrogen (secondary N) is 2. The van der Waals surface area contributed by atoms with Crippen molar-refractivity contribution >= 4 is 0 Å². The van der Waals surface area contributed by atoms with Gasteiger partial charge in [-0.3, -0.25) is 4.79 Å². The Morgan fingerprint density at radius 3 is 2.61 bits per heavy atom. The summed E-state index contributed by atoms with van der Waals surface area (Å²) in [4.78, 5) is 18.9. The Morgan fingerprint density at radius 2 is 2.06 bits per heavy atom. The first-order chi connectivity index (χ1) is 8.26. The van der Waals surface area contributed by atoms with Crippen LogP contribution in [0.4, 0.5) is 0 Å². The summed E-state index contributed by atoms with van der Waals surface area (Å²) in [5, 5.41) is 3.30. The molecule has 1 aromatic rings. The largest absolute Gasteiger partial charge is 0.311 e. The van der Waals surface area contributed by atoms with E-state index in [-0.39, 0.29) is 11.0 Å². The molecular formula is C14H25N3O. The first kappa shape index (κ1) is 14.9. The van der Waals surface area contributed by atoms with E-state index >= 15 is 0 Å². The van der Waals surface area contributed by atoms with Crippen molar-refractivity contribution in [3.8, 4) is 0 Å². The molecule has 0 saturated heterocycles. The third-order valence-corrected chi connectivity index (χ3v) is 2.40. The lowest BCUT2D eigenvalue weighted by Crippen LogP contribution is -2.23. The van der Waals surface area contributed by atoms with Crippen LogP contribution in [-0.4, -0.2) is 16.5 Å². The number of nitrogens with zero attached hydrogens (tertiary/aromatic N) is 1. The van der Waals surface area contributed by atoms with E-state index in [4.69, 9.17) is 0 Å². The summed E-state index contributed by atoms with van der Waals surface area (Å²) in [5.41, 5.74) is 0.879. The summed E-state index contributed by atoms with van der Waals surface area (Å²) < 4.78 is 0. The van der Waals surface area contributed by atoms with E-state index in [1.54, 1.807) is 6.07 Å². The standard InChI is InChI=1S/C14H25N3O/c1-10(2)8-15-9-11-6-13(18)17-12(16-11)7-14(3,4)5/h6,10,15H,7-9H2,1-5H3,(H,16,17,18). The molecule has 0 bridgehead atoms. The van der Waals surface area contributed by atoms with Crippen molar-refractivity contribution < 1.29 is 0 Å². The number of aromatic nitrogens is 2. The van der Waals surface area contributed by atoms with E-state index in [1.807, 2.05) is 0 Å². The van der Waals surface area contributed by atoms with Gasteiger partial charge in [0.25, 0.3) is 5.56 Å². The van der Waals surface area contributed by atoms with Gasteiger partial charge in [0.15, 0.2) is 0 Å². The van der Waals surface area contributed by atoms with Crippen molar-refractivity contribution in [2.75, 3.05) is 6.54 Å². The number of H-pyrrole nitrogens is 1. The van der Waals surface area contributed by atoms with Gasteiger partial charge in [-0.1, -0.05) is 34.6 Å². The van der Waals surface area contributed by atoms with Crippen molar-refractivity contribution in [3.63, 3.8) is 0 Å². The lowest BCUT2D eigenvalue weighted by atomic mass is 9.92. The minimum Gasteiger partial charge on any atom is -0.311 e. The fourth-order valence-corrected chi connectivity index (χ4v) is 1.73. The van der Waals surface area contributed by atoms with Crippen LogP contribution >= 0.6 is 0 Å². The SMILES string of the molecule is CC(C)CNCc1cc(=O)[nH]c(CC(C)(C)C)n1. The average Bonchev–Trinajstić information content (AvgIpc) is 2.12. The smallest absolute Gasteiger partial charge is 0.251 e. The molecule has 0 spiro atoms. The van der Waals surface area contributed by atoms with E-state index in [1.165, 1.54) is 0 Å². The van der Waals surface area contributed by atoms with Crippen LogP contribution in [0.5, 0.6) is 0 Å². The van der Waals surface area contributed by atoms with Crippen molar-refractivity contribution in [3.05, 3.63) is 27.9 Å². The molecule has 0 radical (unpaired) electrons. The van der Waals surface area contributed by atoms with E-state index in [2.05, 4.69) is 49.9 Å². The number of rotatable bonds is 5. The summed E-state index contributed by atoms with van der Waals surface area (Å²) >= 11 is 0. The lowest BCUT2D eigenvalue weighted by Gasteiger charge is -2.17. The number of aromatic amines is 1. The van der Waals surface area contributed by atoms with Crippen molar-refractivity contribution in [2.45, 2.75) is 47.6 Å². The summed E-state index contributed by atoms with van der Waals surface area (Å²) in [6.07, 6.45) is 0.778. The molecule has 0 aliphatic carbocycles. The Balaban J connectivity index is 2.72. The van der Waals surface area contributed by atoms with Crippen LogP contribution < -0.4 is 10.9 Å². The topological polar surface area (TPSA) is 57.8 Å². The van der Waals surface area contributed by atoms with Gasteiger partial charge in [0.2, 0.25) is 0 Å². The predicted octanol–water partition coefficient (Wildman–Crippen LogP) is 2.10. The molecule has 0 aromatic carbocycles. The third-order valence-electron chi connectivity index (χ3n) is 2.40. The van der Waals surface area contributed by atoms with Gasteiger partial charge in [-0.15, -0.1) is 0 Å². The molecule has 0 aliphatic heterocycles. The molecule has 0 atom stereocenters. The fourth-order valence-electron chi connectivity index (χ4n) is 1.73. The molecule has 2 N–H and O–H groups in total. The first-order valence-corrected chi connectivity index (χ1v) is 6.56. The molecule has 1 heterocycles. The maximum atomic E-state index is 11.6. The van der Waals surface area contributed by atoms with Crippen molar-refractivity contribution in [1.82, 2.24) is 15.3 Å². The van der Waals surface area contributed by atoms with Gasteiger partial charge in [-0.2, -0.15) is 0 Å². The van der Waals surface area contributed by atoms with E-state index < -0.39 is 0 Å². The van der Waals surface area contributed by atoms with E-state index in [9.17, 15) is 4.79 Å². The van der Waals surface area contributed by atoms with Crippen LogP contribution in [-0.2, 0) is 13.0 Å². The number of hydrogen-bond acceptors (Lipinski definition) is 3. The first-order valence-electron chi connectivity index (χ1n) is 6.56. The second-order valence-corrected chi connectivity index (χ2v) is 6.45. The molecule has 0 aliphatic rings. The average molecular weight is 251 g/mol. The molecule has 18 heavy (non-hydrogen) atoms. The minimum absolute atomic E-state index is 0.0643. The zero-order valence-corrected chi connectivity index (χ0v) is 12.1. The molecule has 0 saturated carbocycles. The molecule has 0 fully saturated rings. The molecule has 0 unspecified atom stereocenters. The highest BCUT2D eigenvalue weighted by molar-refractivity contribution is 5.03. The van der Waals surface area contributed by atoms with Crippen molar-refractivity contribution in [1.29, 1.82) is 0 Å². The minimum atomic E-state index is -0.0643. The van der Waals surface area contributed by atoms with Gasteiger partial charge in [-0.05, 0) is 17.9 Å². The van der Waals surface area contributed by atoms with Gasteiger partial charge >= 0.3 is 0 Å². The summed E-state index contributed by atoms with van der Waals surface area (Å²) in [6.45, 7) is 12.3. The molecule has 1 rings (SSSR count). The van der Waals surface area contributed by atoms with Gasteiger partial charge < -0.3 is 10.3 Å². The van der Waals surface area contributed by atoms with Gasteiger partial charge in [0.05, 0.1) is 5.69 Å². The monoisotopic (exact) mass is 251 g/mol. The highest BCUT2D eigenvalue weighted by Crippen LogP contribution is 2.17. The molecule has 4 heteroatoms. The second kappa shape index (κ2) is 6.14. The highest BCUT2D eigenvalue weighted by Gasteiger charge is 2.13. The molecule has 0 amide bonds. The van der Waals surface area contributed by atoms with Crippen LogP contribution in [0.1, 0.15) is 46.1 Å². The fraction of sp³-hybridized carbons (Fsp3) is 0.714. The number of hydrogen-bond donors (Lipinski definition) is 2. The third kappa shape index (κ3) is 5.96. The molecule has 4 nitrogen and oxygen atoms in total. The quantitative estimate of drug-likeness (QED) is 0.842. The predicted molar refractivity (Wildman–Crippen MR) is 74.6 cm³/mol. The van der Waals surface area contributed by atoms with Crippen LogP contribution in [0, 0.1) is 11.3 Å². The van der Waals surface area contributed by atoms with Crippen LogP contribution in [0.3, 0.4) is 0 Å². The Bertz CT molecular complexity index is 429. The molecular weight excluding hydrogens is 226 g/mol. The normalized spacial score (nSPS) is 12.1. The summed E-state index contributed by atoms with van der Waals surface area (Å²) in [7, 11) is 0. The second-order valence-electron chi connectivity index (χ2n) is 6.45. The molecule has 102 valence electrons. The molecule has 1 aromatic heterocycles.